The molecule has 0 aliphatic carbocycles. The second kappa shape index (κ2) is 13.6. The van der Waals surface area contributed by atoms with E-state index in [9.17, 15) is 0 Å². The molecule has 0 amide bonds. The van der Waals surface area contributed by atoms with Gasteiger partial charge in [0.25, 0.3) is 0 Å². The first-order valence-electron chi connectivity index (χ1n) is 7.55. The minimum Gasteiger partial charge on any atom is -0.344 e. The second-order valence-corrected chi connectivity index (χ2v) is 6.08. The first-order valence-corrected chi connectivity index (χ1v) is 9.12. The number of pyridine rings is 1. The van der Waals surface area contributed by atoms with Gasteiger partial charge in [-0.05, 0) is 17.7 Å². The highest BCUT2D eigenvalue weighted by atomic mass is 31.2. The molecule has 7 N–H and O–H groups in total. The van der Waals surface area contributed by atoms with Crippen molar-refractivity contribution >= 4 is 7.82 Å². The lowest BCUT2D eigenvalue weighted by Gasteiger charge is -2.27. The van der Waals surface area contributed by atoms with Gasteiger partial charge in [0.05, 0.1) is 0 Å². The number of benzene rings is 1. The molecule has 140 valence electrons. The van der Waals surface area contributed by atoms with Crippen LogP contribution in [0.1, 0.15) is 5.56 Å². The van der Waals surface area contributed by atoms with Gasteiger partial charge in [-0.3, -0.25) is 9.88 Å². The lowest BCUT2D eigenvalue weighted by molar-refractivity contribution is 0.233. The average Bonchev–Trinajstić information content (AvgIpc) is 2.57. The van der Waals surface area contributed by atoms with Crippen molar-refractivity contribution < 1.29 is 19.2 Å². The normalized spacial score (nSPS) is 14.0. The van der Waals surface area contributed by atoms with Crippen molar-refractivity contribution in [1.29, 1.82) is 0 Å². The smallest absolute Gasteiger partial charge is 0.344 e. The molecular weight excluding hydrogens is 343 g/mol. The Kier molecular flexibility index (Phi) is 12.7. The van der Waals surface area contributed by atoms with Gasteiger partial charge in [0.15, 0.2) is 0 Å². The summed E-state index contributed by atoms with van der Waals surface area (Å²) in [7, 11) is -4.64. The molecule has 3 rings (SSSR count). The van der Waals surface area contributed by atoms with Gasteiger partial charge in [-0.15, -0.1) is 0 Å². The first-order chi connectivity index (χ1) is 11.4. The zero-order chi connectivity index (χ0) is 17.7. The van der Waals surface area contributed by atoms with Crippen molar-refractivity contribution in [2.24, 2.45) is 0 Å². The molecule has 1 aromatic heterocycles. The van der Waals surface area contributed by atoms with Crippen LogP contribution >= 0.6 is 7.82 Å². The number of aromatic nitrogens is 1. The van der Waals surface area contributed by atoms with E-state index in [-0.39, 0.29) is 6.15 Å². The molecule has 1 aliphatic rings. The van der Waals surface area contributed by atoms with Crippen molar-refractivity contribution in [2.75, 3.05) is 26.2 Å². The van der Waals surface area contributed by atoms with Crippen LogP contribution in [0, 0.1) is 0 Å². The van der Waals surface area contributed by atoms with Crippen LogP contribution in [-0.4, -0.2) is 50.7 Å². The molecule has 9 heteroatoms. The summed E-state index contributed by atoms with van der Waals surface area (Å²) in [5.74, 6) is 0. The Hall–Kier alpha value is -1.64. The Labute approximate surface area is 148 Å². The fourth-order valence-electron chi connectivity index (χ4n) is 2.02. The topological polar surface area (TPSA) is 141 Å². The molecular formula is C16H27N4O4P. The number of hydrogen-bond acceptors (Lipinski definition) is 5. The Morgan fingerprint density at radius 2 is 1.44 bits per heavy atom. The van der Waals surface area contributed by atoms with Crippen LogP contribution in [0.15, 0.2) is 60.9 Å². The standard InChI is InChI=1S/C11H16N2.C5H5N.H3N.H3O4P/c1-2-4-11(5-3-1)10-13-8-6-12-7-9-13;1-2-4-6-5-3-1;;1-5(2,3)4/h1-5,12H,6-10H2;1-5H;1H3;(H3,1,2,3,4). The molecule has 2 heterocycles. The predicted octanol–water partition coefficient (Wildman–Crippen LogP) is 1.41. The number of nitrogens with zero attached hydrogens (tertiary/aromatic N) is 2. The molecule has 2 aromatic rings. The maximum atomic E-state index is 8.88. The highest BCUT2D eigenvalue weighted by molar-refractivity contribution is 7.45. The fraction of sp³-hybridized carbons (Fsp3) is 0.312. The minimum atomic E-state index is -4.64. The van der Waals surface area contributed by atoms with Gasteiger partial charge in [-0.2, -0.15) is 0 Å². The molecule has 8 nitrogen and oxygen atoms in total. The van der Waals surface area contributed by atoms with E-state index in [0.717, 1.165) is 19.6 Å². The van der Waals surface area contributed by atoms with Crippen LogP contribution < -0.4 is 11.5 Å². The molecule has 0 bridgehead atoms. The minimum absolute atomic E-state index is 0. The van der Waals surface area contributed by atoms with E-state index in [1.54, 1.807) is 12.4 Å². The lowest BCUT2D eigenvalue weighted by Crippen LogP contribution is -2.42. The Bertz CT molecular complexity index is 542. The van der Waals surface area contributed by atoms with Gasteiger partial charge in [0.2, 0.25) is 0 Å². The van der Waals surface area contributed by atoms with Crippen LogP contribution in [0.5, 0.6) is 0 Å². The molecule has 0 radical (unpaired) electrons. The van der Waals surface area contributed by atoms with Gasteiger partial charge in [0, 0.05) is 45.1 Å². The molecule has 1 aliphatic heterocycles. The van der Waals surface area contributed by atoms with Gasteiger partial charge in [-0.25, -0.2) is 4.57 Å². The fourth-order valence-corrected chi connectivity index (χ4v) is 2.02. The Morgan fingerprint density at radius 1 is 0.960 bits per heavy atom. The van der Waals surface area contributed by atoms with E-state index >= 15 is 0 Å². The van der Waals surface area contributed by atoms with Crippen molar-refractivity contribution in [1.82, 2.24) is 21.4 Å². The van der Waals surface area contributed by atoms with Gasteiger partial charge in [-0.1, -0.05) is 36.4 Å². The largest absolute Gasteiger partial charge is 0.466 e. The quantitative estimate of drug-likeness (QED) is 0.500. The maximum Gasteiger partial charge on any atom is 0.466 e. The third kappa shape index (κ3) is 15.6. The number of nitrogens with one attached hydrogen (secondary N) is 1. The van der Waals surface area contributed by atoms with E-state index < -0.39 is 7.82 Å². The van der Waals surface area contributed by atoms with Crippen LogP contribution in [0.2, 0.25) is 0 Å². The summed E-state index contributed by atoms with van der Waals surface area (Å²) >= 11 is 0. The SMILES string of the molecule is N.O=P(O)(O)O.c1ccc(CN2CCNCC2)cc1.c1ccncc1. The molecule has 1 aromatic carbocycles. The maximum absolute atomic E-state index is 8.88. The van der Waals surface area contributed by atoms with E-state index in [2.05, 4.69) is 45.5 Å². The molecule has 0 spiro atoms. The number of piperazine rings is 1. The summed E-state index contributed by atoms with van der Waals surface area (Å²) in [4.78, 5) is 27.8. The van der Waals surface area contributed by atoms with Crippen molar-refractivity contribution in [3.63, 3.8) is 0 Å². The van der Waals surface area contributed by atoms with E-state index in [4.69, 9.17) is 19.2 Å². The third-order valence-electron chi connectivity index (χ3n) is 3.03. The Morgan fingerprint density at radius 3 is 1.84 bits per heavy atom. The predicted molar refractivity (Wildman–Crippen MR) is 98.1 cm³/mol. The van der Waals surface area contributed by atoms with Crippen LogP contribution in [0.3, 0.4) is 0 Å². The first kappa shape index (κ1) is 23.4. The lowest BCUT2D eigenvalue weighted by atomic mass is 10.2. The zero-order valence-electron chi connectivity index (χ0n) is 14.1. The number of phosphoric acid groups is 1. The van der Waals surface area contributed by atoms with Crippen molar-refractivity contribution in [3.8, 4) is 0 Å². The summed E-state index contributed by atoms with van der Waals surface area (Å²) in [6, 6.07) is 16.4. The van der Waals surface area contributed by atoms with Gasteiger partial charge < -0.3 is 26.1 Å². The van der Waals surface area contributed by atoms with Gasteiger partial charge in [0.1, 0.15) is 0 Å². The van der Waals surface area contributed by atoms with E-state index in [1.807, 2.05) is 18.2 Å². The second-order valence-electron chi connectivity index (χ2n) is 5.05. The molecule has 0 atom stereocenters. The highest BCUT2D eigenvalue weighted by Crippen LogP contribution is 2.25. The van der Waals surface area contributed by atoms with Crippen molar-refractivity contribution in [2.45, 2.75) is 6.54 Å². The van der Waals surface area contributed by atoms with E-state index in [1.165, 1.54) is 18.7 Å². The summed E-state index contributed by atoms with van der Waals surface area (Å²) < 4.78 is 8.88. The molecule has 25 heavy (non-hydrogen) atoms. The summed E-state index contributed by atoms with van der Waals surface area (Å²) in [5.41, 5.74) is 1.42. The number of rotatable bonds is 2. The molecule has 1 saturated heterocycles. The van der Waals surface area contributed by atoms with Crippen molar-refractivity contribution in [3.05, 3.63) is 66.5 Å². The molecule has 0 saturated carbocycles. The summed E-state index contributed by atoms with van der Waals surface area (Å²) in [5, 5.41) is 3.36. The van der Waals surface area contributed by atoms with E-state index in [0.29, 0.717) is 0 Å². The van der Waals surface area contributed by atoms with Crippen LogP contribution in [-0.2, 0) is 11.1 Å². The zero-order valence-corrected chi connectivity index (χ0v) is 15.0. The Balaban J connectivity index is 0.000000404. The van der Waals surface area contributed by atoms with Gasteiger partial charge >= 0.3 is 7.82 Å². The summed E-state index contributed by atoms with van der Waals surface area (Å²) in [6.07, 6.45) is 3.50. The monoisotopic (exact) mass is 370 g/mol. The summed E-state index contributed by atoms with van der Waals surface area (Å²) in [6.45, 7) is 5.71. The average molecular weight is 370 g/mol. The highest BCUT2D eigenvalue weighted by Gasteiger charge is 2.08. The third-order valence-corrected chi connectivity index (χ3v) is 3.03. The molecule has 1 fully saturated rings. The molecule has 0 unspecified atom stereocenters. The van der Waals surface area contributed by atoms with Crippen LogP contribution in [0.4, 0.5) is 0 Å². The van der Waals surface area contributed by atoms with Crippen LogP contribution in [0.25, 0.3) is 0 Å². The number of hydrogen-bond donors (Lipinski definition) is 5.